The fourth-order valence-corrected chi connectivity index (χ4v) is 1.86. The fraction of sp³-hybridized carbons (Fsp3) is 0.308. The summed E-state index contributed by atoms with van der Waals surface area (Å²) in [5.74, 6) is -0.766. The van der Waals surface area contributed by atoms with E-state index in [0.717, 1.165) is 19.3 Å². The van der Waals surface area contributed by atoms with Gasteiger partial charge < -0.3 is 11.1 Å². The Kier molecular flexibility index (Phi) is 3.72. The van der Waals surface area contributed by atoms with Crippen molar-refractivity contribution in [2.75, 3.05) is 0 Å². The molecular weight excluding hydrogens is 230 g/mol. The van der Waals surface area contributed by atoms with Crippen LogP contribution in [-0.4, -0.2) is 22.8 Å². The second-order valence-electron chi connectivity index (χ2n) is 4.25. The Balaban J connectivity index is 2.00. The summed E-state index contributed by atoms with van der Waals surface area (Å²) < 4.78 is 0. The van der Waals surface area contributed by atoms with Crippen LogP contribution in [0.5, 0.6) is 0 Å². The summed E-state index contributed by atoms with van der Waals surface area (Å²) in [5, 5.41) is 2.91. The minimum Gasteiger partial charge on any atom is -0.366 e. The molecule has 1 heterocycles. The number of carbonyl (C=O) groups excluding carboxylic acids is 2. The van der Waals surface area contributed by atoms with E-state index < -0.39 is 5.91 Å². The monoisotopic (exact) mass is 245 g/mol. The van der Waals surface area contributed by atoms with Crippen molar-refractivity contribution in [1.29, 1.82) is 0 Å². The van der Waals surface area contributed by atoms with Crippen LogP contribution in [0.4, 0.5) is 0 Å². The third kappa shape index (κ3) is 2.94. The van der Waals surface area contributed by atoms with Crippen LogP contribution in [0.15, 0.2) is 30.5 Å². The lowest BCUT2D eigenvalue weighted by Crippen LogP contribution is -2.35. The number of aromatic nitrogens is 1. The van der Waals surface area contributed by atoms with Gasteiger partial charge in [-0.1, -0.05) is 12.2 Å². The normalized spacial score (nSPS) is 18.3. The summed E-state index contributed by atoms with van der Waals surface area (Å²) >= 11 is 0. The summed E-state index contributed by atoms with van der Waals surface area (Å²) in [5.41, 5.74) is 5.70. The molecule has 1 aliphatic carbocycles. The second kappa shape index (κ2) is 5.44. The topological polar surface area (TPSA) is 85.1 Å². The summed E-state index contributed by atoms with van der Waals surface area (Å²) in [6.07, 6.45) is 8.28. The maximum absolute atomic E-state index is 11.9. The predicted octanol–water partition coefficient (Wildman–Crippen LogP) is 1.02. The highest BCUT2D eigenvalue weighted by molar-refractivity contribution is 5.95. The number of hydrogen-bond acceptors (Lipinski definition) is 3. The standard InChI is InChI=1S/C13H15N3O2/c14-12(17)9-6-7-11(15-8-9)13(18)16-10-4-2-1-3-5-10/h1-2,6-8,10H,3-5H2,(H2,14,17)(H,16,18). The molecule has 5 heteroatoms. The van der Waals surface area contributed by atoms with Gasteiger partial charge in [0.2, 0.25) is 5.91 Å². The number of carbonyl (C=O) groups is 2. The quantitative estimate of drug-likeness (QED) is 0.779. The van der Waals surface area contributed by atoms with Crippen molar-refractivity contribution in [3.63, 3.8) is 0 Å². The van der Waals surface area contributed by atoms with E-state index in [0.29, 0.717) is 11.3 Å². The lowest BCUT2D eigenvalue weighted by atomic mass is 10.0. The van der Waals surface area contributed by atoms with Crippen molar-refractivity contribution in [2.24, 2.45) is 5.73 Å². The van der Waals surface area contributed by atoms with Crippen molar-refractivity contribution in [3.8, 4) is 0 Å². The first kappa shape index (κ1) is 12.3. The van der Waals surface area contributed by atoms with Gasteiger partial charge in [-0.15, -0.1) is 0 Å². The summed E-state index contributed by atoms with van der Waals surface area (Å²) in [7, 11) is 0. The average molecular weight is 245 g/mol. The minimum absolute atomic E-state index is 0.167. The lowest BCUT2D eigenvalue weighted by molar-refractivity contribution is 0.0927. The predicted molar refractivity (Wildman–Crippen MR) is 67.0 cm³/mol. The van der Waals surface area contributed by atoms with Gasteiger partial charge in [0.25, 0.3) is 5.91 Å². The number of rotatable bonds is 3. The molecule has 5 nitrogen and oxygen atoms in total. The van der Waals surface area contributed by atoms with Gasteiger partial charge in [-0.3, -0.25) is 14.6 Å². The van der Waals surface area contributed by atoms with Gasteiger partial charge in [-0.25, -0.2) is 0 Å². The van der Waals surface area contributed by atoms with Gasteiger partial charge in [0.15, 0.2) is 0 Å². The van der Waals surface area contributed by atoms with Crippen molar-refractivity contribution in [2.45, 2.75) is 25.3 Å². The third-order valence-electron chi connectivity index (χ3n) is 2.88. The fourth-order valence-electron chi connectivity index (χ4n) is 1.86. The number of allylic oxidation sites excluding steroid dienone is 1. The number of amides is 2. The molecule has 0 saturated carbocycles. The molecule has 18 heavy (non-hydrogen) atoms. The van der Waals surface area contributed by atoms with Gasteiger partial charge in [0.05, 0.1) is 5.56 Å². The molecule has 0 radical (unpaired) electrons. The Morgan fingerprint density at radius 1 is 1.33 bits per heavy atom. The van der Waals surface area contributed by atoms with Crippen LogP contribution in [0.3, 0.4) is 0 Å². The SMILES string of the molecule is NC(=O)c1ccc(C(=O)NC2CC=CCC2)nc1. The minimum atomic E-state index is -0.549. The summed E-state index contributed by atoms with van der Waals surface area (Å²) in [4.78, 5) is 26.7. The van der Waals surface area contributed by atoms with Crippen molar-refractivity contribution < 1.29 is 9.59 Å². The number of primary amides is 1. The average Bonchev–Trinajstić information content (AvgIpc) is 2.40. The van der Waals surface area contributed by atoms with Crippen LogP contribution in [0.2, 0.25) is 0 Å². The van der Waals surface area contributed by atoms with Gasteiger partial charge in [0.1, 0.15) is 5.69 Å². The number of nitrogens with two attached hydrogens (primary N) is 1. The van der Waals surface area contributed by atoms with Crippen molar-refractivity contribution in [1.82, 2.24) is 10.3 Å². The first-order valence-corrected chi connectivity index (χ1v) is 5.88. The van der Waals surface area contributed by atoms with Gasteiger partial charge in [0, 0.05) is 12.2 Å². The molecule has 0 aromatic carbocycles. The Labute approximate surface area is 105 Å². The molecule has 0 fully saturated rings. The van der Waals surface area contributed by atoms with E-state index >= 15 is 0 Å². The van der Waals surface area contributed by atoms with E-state index in [-0.39, 0.29) is 11.9 Å². The third-order valence-corrected chi connectivity index (χ3v) is 2.88. The van der Waals surface area contributed by atoms with Gasteiger partial charge in [-0.05, 0) is 31.4 Å². The summed E-state index contributed by atoms with van der Waals surface area (Å²) in [6.45, 7) is 0. The zero-order chi connectivity index (χ0) is 13.0. The van der Waals surface area contributed by atoms with Crippen LogP contribution in [-0.2, 0) is 0 Å². The van der Waals surface area contributed by atoms with E-state index in [2.05, 4.69) is 22.5 Å². The smallest absolute Gasteiger partial charge is 0.270 e. The Bertz CT molecular complexity index is 480. The molecule has 2 rings (SSSR count). The van der Waals surface area contributed by atoms with E-state index in [4.69, 9.17) is 5.73 Å². The first-order valence-electron chi connectivity index (χ1n) is 5.88. The zero-order valence-electron chi connectivity index (χ0n) is 9.93. The highest BCUT2D eigenvalue weighted by Crippen LogP contribution is 2.11. The van der Waals surface area contributed by atoms with E-state index in [1.165, 1.54) is 18.3 Å². The van der Waals surface area contributed by atoms with Crippen LogP contribution in [0, 0.1) is 0 Å². The van der Waals surface area contributed by atoms with Crippen LogP contribution in [0.25, 0.3) is 0 Å². The number of pyridine rings is 1. The Morgan fingerprint density at radius 3 is 2.72 bits per heavy atom. The molecule has 3 N–H and O–H groups in total. The van der Waals surface area contributed by atoms with Crippen LogP contribution >= 0.6 is 0 Å². The molecule has 0 saturated heterocycles. The van der Waals surface area contributed by atoms with Crippen LogP contribution < -0.4 is 11.1 Å². The zero-order valence-corrected chi connectivity index (χ0v) is 9.93. The molecule has 94 valence electrons. The molecular formula is C13H15N3O2. The maximum Gasteiger partial charge on any atom is 0.270 e. The molecule has 0 aliphatic heterocycles. The number of nitrogens with one attached hydrogen (secondary N) is 1. The molecule has 1 aromatic heterocycles. The van der Waals surface area contributed by atoms with Gasteiger partial charge in [-0.2, -0.15) is 0 Å². The molecule has 1 atom stereocenters. The van der Waals surface area contributed by atoms with Crippen molar-refractivity contribution in [3.05, 3.63) is 41.7 Å². The van der Waals surface area contributed by atoms with Crippen LogP contribution in [0.1, 0.15) is 40.1 Å². The molecule has 1 aliphatic rings. The van der Waals surface area contributed by atoms with E-state index in [1.54, 1.807) is 0 Å². The first-order chi connectivity index (χ1) is 8.66. The molecule has 0 spiro atoms. The molecule has 0 bridgehead atoms. The second-order valence-corrected chi connectivity index (χ2v) is 4.25. The Hall–Kier alpha value is -2.17. The maximum atomic E-state index is 11.9. The Morgan fingerprint density at radius 2 is 2.17 bits per heavy atom. The molecule has 1 unspecified atom stereocenters. The summed E-state index contributed by atoms with van der Waals surface area (Å²) in [6, 6.07) is 3.18. The number of nitrogens with zero attached hydrogens (tertiary/aromatic N) is 1. The molecule has 1 aromatic rings. The van der Waals surface area contributed by atoms with E-state index in [9.17, 15) is 9.59 Å². The highest BCUT2D eigenvalue weighted by Gasteiger charge is 2.15. The molecule has 2 amide bonds. The van der Waals surface area contributed by atoms with E-state index in [1.807, 2.05) is 0 Å². The highest BCUT2D eigenvalue weighted by atomic mass is 16.2. The largest absolute Gasteiger partial charge is 0.366 e. The van der Waals surface area contributed by atoms with Crippen molar-refractivity contribution >= 4 is 11.8 Å². The van der Waals surface area contributed by atoms with Gasteiger partial charge >= 0.3 is 0 Å². The number of hydrogen-bond donors (Lipinski definition) is 2. The lowest BCUT2D eigenvalue weighted by Gasteiger charge is -2.18.